The van der Waals surface area contributed by atoms with Gasteiger partial charge in [0.15, 0.2) is 0 Å². The molecule has 3 nitrogen and oxygen atoms in total. The molecule has 0 rings (SSSR count). The molecule has 0 aromatic heterocycles. The van der Waals surface area contributed by atoms with Gasteiger partial charge < -0.3 is 0 Å². The Bertz CT molecular complexity index is 358. The summed E-state index contributed by atoms with van der Waals surface area (Å²) in [5, 5.41) is 7.64. The van der Waals surface area contributed by atoms with Gasteiger partial charge in [-0.05, 0) is 0 Å². The fourth-order valence-electron chi connectivity index (χ4n) is 1.09. The summed E-state index contributed by atoms with van der Waals surface area (Å²) in [5.41, 5.74) is 1.11. The van der Waals surface area contributed by atoms with Gasteiger partial charge in [0, 0.05) is 0 Å². The number of allylic oxidation sites excluding steroid dienone is 2. The molecule has 82 valence electrons. The second-order valence-electron chi connectivity index (χ2n) is 3.01. The number of carbonyl (C=O) groups is 1. The molecule has 0 unspecified atom stereocenters. The number of carbonyl (C=O) groups excluding carboxylic acids is 1. The molecule has 0 aliphatic rings. The summed E-state index contributed by atoms with van der Waals surface area (Å²) in [5.74, 6) is 0.0113. The summed E-state index contributed by atoms with van der Waals surface area (Å²) in [4.78, 5) is 13.6. The molecule has 1 N–H and O–H groups in total. The van der Waals surface area contributed by atoms with Crippen LogP contribution < -0.4 is 0 Å². The number of hydrogen-bond acceptors (Lipinski definition) is 2. The molecule has 0 radical (unpaired) electrons. The second kappa shape index (κ2) is 6.55. The fraction of sp³-hybridized carbons (Fsp3) is 0.400. The van der Waals surface area contributed by atoms with E-state index in [1.165, 1.54) is 38.7 Å². The SMILES string of the molecule is CC=C(C(C)=N)N(C(=O)[C](C)=[W])[C](C)=[W]. The first-order chi connectivity index (χ1) is 6.82. The van der Waals surface area contributed by atoms with Crippen molar-refractivity contribution in [2.75, 3.05) is 0 Å². The van der Waals surface area contributed by atoms with Crippen molar-refractivity contribution in [3.05, 3.63) is 11.8 Å². The maximum atomic E-state index is 12.0. The molecule has 0 aromatic carbocycles. The van der Waals surface area contributed by atoms with Crippen LogP contribution in [-0.2, 0) is 43.5 Å². The van der Waals surface area contributed by atoms with Crippen LogP contribution >= 0.6 is 0 Å². The van der Waals surface area contributed by atoms with Gasteiger partial charge in [0.05, 0.1) is 0 Å². The Morgan fingerprint density at radius 1 is 1.27 bits per heavy atom. The van der Waals surface area contributed by atoms with Crippen LogP contribution in [0.25, 0.3) is 0 Å². The predicted molar refractivity (Wildman–Crippen MR) is 55.4 cm³/mol. The maximum absolute atomic E-state index is 12.0. The van der Waals surface area contributed by atoms with Gasteiger partial charge in [-0.15, -0.1) is 0 Å². The Morgan fingerprint density at radius 3 is 1.93 bits per heavy atom. The Balaban J connectivity index is 5.33. The van der Waals surface area contributed by atoms with Gasteiger partial charge in [0.1, 0.15) is 0 Å². The first-order valence-corrected chi connectivity index (χ1v) is 7.33. The third kappa shape index (κ3) is 4.16. The standard InChI is InChI=1S/C10H14N2O.2W/c1-5-9(8(4)11)12(7-3)10(13)6-2;;/h5,11H,1-4H3;;. The molecule has 0 heterocycles. The van der Waals surface area contributed by atoms with E-state index in [9.17, 15) is 4.79 Å². The van der Waals surface area contributed by atoms with Crippen LogP contribution in [0, 0.1) is 5.41 Å². The van der Waals surface area contributed by atoms with E-state index in [-0.39, 0.29) is 5.91 Å². The molecule has 15 heavy (non-hydrogen) atoms. The van der Waals surface area contributed by atoms with Crippen LogP contribution in [0.3, 0.4) is 0 Å². The number of nitrogens with one attached hydrogen (secondary N) is 1. The molecule has 0 saturated heterocycles. The Labute approximate surface area is 112 Å². The molecule has 0 aliphatic heterocycles. The summed E-state index contributed by atoms with van der Waals surface area (Å²) >= 11 is 2.42. The zero-order valence-corrected chi connectivity index (χ0v) is 15.1. The second-order valence-corrected chi connectivity index (χ2v) is 7.34. The Hall–Kier alpha value is -0.00338. The zero-order chi connectivity index (χ0) is 12.2. The van der Waals surface area contributed by atoms with Crippen LogP contribution in [0.4, 0.5) is 0 Å². The van der Waals surface area contributed by atoms with E-state index in [2.05, 4.69) is 0 Å². The molecular weight excluding hydrogens is 532 g/mol. The third-order valence-corrected chi connectivity index (χ3v) is 3.00. The number of hydrogen-bond donors (Lipinski definition) is 1. The number of nitrogens with zero attached hydrogens (tertiary/aromatic N) is 1. The van der Waals surface area contributed by atoms with Gasteiger partial charge in [-0.1, -0.05) is 0 Å². The summed E-state index contributed by atoms with van der Waals surface area (Å²) < 4.78 is 1.79. The summed E-state index contributed by atoms with van der Waals surface area (Å²) in [6, 6.07) is 0. The van der Waals surface area contributed by atoms with Crippen LogP contribution in [0.5, 0.6) is 0 Å². The van der Waals surface area contributed by atoms with E-state index < -0.39 is 0 Å². The molecule has 0 saturated carbocycles. The quantitative estimate of drug-likeness (QED) is 0.530. The van der Waals surface area contributed by atoms with Crippen molar-refractivity contribution in [3.8, 4) is 0 Å². The van der Waals surface area contributed by atoms with Crippen molar-refractivity contribution >= 4 is 19.5 Å². The van der Waals surface area contributed by atoms with E-state index in [0.29, 0.717) is 11.4 Å². The van der Waals surface area contributed by atoms with Crippen molar-refractivity contribution < 1.29 is 43.5 Å². The first kappa shape index (κ1) is 15.0. The molecule has 1 amide bonds. The molecule has 0 spiro atoms. The average molecular weight is 546 g/mol. The third-order valence-electron chi connectivity index (χ3n) is 1.72. The molecule has 0 fully saturated rings. The number of amides is 1. The van der Waals surface area contributed by atoms with E-state index in [1.54, 1.807) is 11.8 Å². The molecule has 0 bridgehead atoms. The Kier molecular flexibility index (Phi) is 6.55. The van der Waals surface area contributed by atoms with E-state index in [0.717, 1.165) is 7.92 Å². The van der Waals surface area contributed by atoms with Crippen LogP contribution in [0.2, 0.25) is 0 Å². The van der Waals surface area contributed by atoms with E-state index in [1.807, 2.05) is 26.8 Å². The van der Waals surface area contributed by atoms with Crippen molar-refractivity contribution in [2.45, 2.75) is 27.7 Å². The summed E-state index contributed by atoms with van der Waals surface area (Å²) in [6.07, 6.45) is 1.81. The first-order valence-electron chi connectivity index (χ1n) is 4.40. The van der Waals surface area contributed by atoms with Gasteiger partial charge in [-0.25, -0.2) is 0 Å². The average Bonchev–Trinajstić information content (AvgIpc) is 2.11. The molecular formula is C10H14N2OW2. The van der Waals surface area contributed by atoms with Crippen molar-refractivity contribution in [1.29, 1.82) is 5.41 Å². The number of rotatable bonds is 4. The van der Waals surface area contributed by atoms with E-state index in [4.69, 9.17) is 5.41 Å². The van der Waals surface area contributed by atoms with Crippen molar-refractivity contribution in [1.82, 2.24) is 4.90 Å². The fourth-order valence-corrected chi connectivity index (χ4v) is 2.07. The molecule has 0 atom stereocenters. The van der Waals surface area contributed by atoms with Gasteiger partial charge in [-0.3, -0.25) is 0 Å². The van der Waals surface area contributed by atoms with Crippen LogP contribution in [-0.4, -0.2) is 24.4 Å². The topological polar surface area (TPSA) is 44.2 Å². The normalized spacial score (nSPS) is 10.8. The minimum absolute atomic E-state index is 0.0113. The molecule has 0 aliphatic carbocycles. The van der Waals surface area contributed by atoms with Crippen molar-refractivity contribution in [3.63, 3.8) is 0 Å². The zero-order valence-electron chi connectivity index (χ0n) is 9.25. The van der Waals surface area contributed by atoms with Gasteiger partial charge in [0.2, 0.25) is 0 Å². The van der Waals surface area contributed by atoms with Gasteiger partial charge >= 0.3 is 113 Å². The van der Waals surface area contributed by atoms with Crippen LogP contribution in [0.15, 0.2) is 11.8 Å². The monoisotopic (exact) mass is 546 g/mol. The van der Waals surface area contributed by atoms with Crippen molar-refractivity contribution in [2.24, 2.45) is 0 Å². The van der Waals surface area contributed by atoms with Crippen LogP contribution in [0.1, 0.15) is 27.7 Å². The predicted octanol–water partition coefficient (Wildman–Crippen LogP) is 1.19. The summed E-state index contributed by atoms with van der Waals surface area (Å²) in [6.45, 7) is 7.29. The summed E-state index contributed by atoms with van der Waals surface area (Å²) in [7, 11) is 0. The molecule has 0 aromatic rings. The van der Waals surface area contributed by atoms with E-state index >= 15 is 0 Å². The molecule has 5 heteroatoms. The minimum atomic E-state index is 0.0113. The van der Waals surface area contributed by atoms with Gasteiger partial charge in [0.25, 0.3) is 0 Å². The Morgan fingerprint density at radius 2 is 1.73 bits per heavy atom. The van der Waals surface area contributed by atoms with Gasteiger partial charge in [-0.2, -0.15) is 0 Å².